The third-order valence-electron chi connectivity index (χ3n) is 4.80. The van der Waals surface area contributed by atoms with Gasteiger partial charge >= 0.3 is 0 Å². The molecule has 1 amide bonds. The van der Waals surface area contributed by atoms with E-state index in [4.69, 9.17) is 46.4 Å². The van der Waals surface area contributed by atoms with Crippen molar-refractivity contribution in [3.8, 4) is 22.5 Å². The van der Waals surface area contributed by atoms with E-state index in [2.05, 4.69) is 15.5 Å². The van der Waals surface area contributed by atoms with E-state index in [1.807, 2.05) is 0 Å². The van der Waals surface area contributed by atoms with Gasteiger partial charge in [-0.1, -0.05) is 52.5 Å². The van der Waals surface area contributed by atoms with E-state index in [-0.39, 0.29) is 18.7 Å². The van der Waals surface area contributed by atoms with Crippen LogP contribution in [0, 0.1) is 11.6 Å². The first kappa shape index (κ1) is 24.4. The maximum Gasteiger partial charge on any atom is 0.243 e. The van der Waals surface area contributed by atoms with Crippen LogP contribution in [0.2, 0.25) is 20.1 Å². The maximum absolute atomic E-state index is 13.8. The van der Waals surface area contributed by atoms with Gasteiger partial charge in [-0.25, -0.2) is 8.78 Å². The van der Waals surface area contributed by atoms with Gasteiger partial charge in [0.15, 0.2) is 0 Å². The van der Waals surface area contributed by atoms with E-state index in [0.29, 0.717) is 42.6 Å². The molecule has 0 saturated heterocycles. The van der Waals surface area contributed by atoms with Gasteiger partial charge in [0.1, 0.15) is 29.6 Å². The first-order chi connectivity index (χ1) is 16.2. The van der Waals surface area contributed by atoms with Crippen LogP contribution in [0.5, 0.6) is 0 Å². The molecule has 0 unspecified atom stereocenters. The summed E-state index contributed by atoms with van der Waals surface area (Å²) in [5, 5.41) is 13.0. The Hall–Kier alpha value is -2.71. The minimum Gasteiger partial charge on any atom is -0.350 e. The van der Waals surface area contributed by atoms with Crippen molar-refractivity contribution in [3.05, 3.63) is 91.9 Å². The number of rotatable bonds is 6. The second-order valence-corrected chi connectivity index (χ2v) is 8.88. The largest absolute Gasteiger partial charge is 0.350 e. The van der Waals surface area contributed by atoms with Crippen molar-refractivity contribution in [1.82, 2.24) is 20.3 Å². The van der Waals surface area contributed by atoms with Gasteiger partial charge in [-0.15, -0.1) is 0 Å². The van der Waals surface area contributed by atoms with E-state index in [0.717, 1.165) is 12.1 Å². The lowest BCUT2D eigenvalue weighted by Crippen LogP contribution is -2.28. The van der Waals surface area contributed by atoms with Crippen LogP contribution in [-0.2, 0) is 17.9 Å². The summed E-state index contributed by atoms with van der Waals surface area (Å²) in [5.41, 5.74) is 1.97. The number of halogens is 6. The maximum atomic E-state index is 13.8. The highest BCUT2D eigenvalue weighted by Gasteiger charge is 2.21. The van der Waals surface area contributed by atoms with Crippen molar-refractivity contribution in [2.24, 2.45) is 0 Å². The zero-order valence-corrected chi connectivity index (χ0v) is 20.2. The minimum absolute atomic E-state index is 0.127. The van der Waals surface area contributed by atoms with E-state index in [9.17, 15) is 13.6 Å². The van der Waals surface area contributed by atoms with Crippen LogP contribution in [0.1, 0.15) is 5.56 Å². The van der Waals surface area contributed by atoms with Crippen molar-refractivity contribution in [2.75, 3.05) is 0 Å². The second kappa shape index (κ2) is 10.3. The van der Waals surface area contributed by atoms with Crippen molar-refractivity contribution in [2.45, 2.75) is 13.1 Å². The number of carbonyl (C=O) groups excluding carboxylic acids is 1. The number of hydrogen-bond donors (Lipinski definition) is 1. The number of hydrogen-bond acceptors (Lipinski definition) is 3. The Labute approximate surface area is 213 Å². The summed E-state index contributed by atoms with van der Waals surface area (Å²) in [5.74, 6) is -1.94. The number of nitrogens with one attached hydrogen (secondary N) is 1. The first-order valence-electron chi connectivity index (χ1n) is 9.78. The van der Waals surface area contributed by atoms with Crippen LogP contribution < -0.4 is 5.32 Å². The highest BCUT2D eigenvalue weighted by atomic mass is 35.5. The first-order valence-corrected chi connectivity index (χ1v) is 11.3. The molecule has 3 aromatic carbocycles. The molecule has 4 rings (SSSR count). The van der Waals surface area contributed by atoms with Gasteiger partial charge in [0.25, 0.3) is 0 Å². The number of amides is 1. The van der Waals surface area contributed by atoms with Gasteiger partial charge in [0.2, 0.25) is 5.91 Å². The van der Waals surface area contributed by atoms with E-state index in [1.165, 1.54) is 10.9 Å². The molecule has 0 radical (unpaired) electrons. The Balaban J connectivity index is 1.64. The summed E-state index contributed by atoms with van der Waals surface area (Å²) in [6, 6.07) is 12.9. The molecule has 4 aromatic rings. The molecule has 0 spiro atoms. The molecule has 0 saturated carbocycles. The topological polar surface area (TPSA) is 59.8 Å². The van der Waals surface area contributed by atoms with Gasteiger partial charge in [0.05, 0.1) is 10.0 Å². The van der Waals surface area contributed by atoms with Crippen LogP contribution in [-0.4, -0.2) is 20.9 Å². The summed E-state index contributed by atoms with van der Waals surface area (Å²) in [4.78, 5) is 13.7. The summed E-state index contributed by atoms with van der Waals surface area (Å²) in [6.07, 6.45) is 0. The average molecular weight is 542 g/mol. The monoisotopic (exact) mass is 540 g/mol. The number of nitrogens with zero attached hydrogens (tertiary/aromatic N) is 3. The molecular formula is C23H14Cl4F2N4O. The Morgan fingerprint density at radius 1 is 0.824 bits per heavy atom. The van der Waals surface area contributed by atoms with Crippen LogP contribution in [0.15, 0.2) is 54.6 Å². The molecule has 11 heteroatoms. The molecule has 5 nitrogen and oxygen atoms in total. The predicted octanol–water partition coefficient (Wildman–Crippen LogP) is 6.82. The molecule has 1 heterocycles. The lowest BCUT2D eigenvalue weighted by atomic mass is 10.0. The third-order valence-corrected chi connectivity index (χ3v) is 5.90. The fraction of sp³-hybridized carbons (Fsp3) is 0.0870. The quantitative estimate of drug-likeness (QED) is 0.291. The van der Waals surface area contributed by atoms with E-state index in [1.54, 1.807) is 36.4 Å². The second-order valence-electron chi connectivity index (χ2n) is 7.19. The smallest absolute Gasteiger partial charge is 0.243 e. The Bertz CT molecular complexity index is 1320. The zero-order valence-electron chi connectivity index (χ0n) is 17.1. The third kappa shape index (κ3) is 5.50. The van der Waals surface area contributed by atoms with Crippen LogP contribution in [0.3, 0.4) is 0 Å². The molecule has 0 aliphatic rings. The van der Waals surface area contributed by atoms with Crippen molar-refractivity contribution in [1.29, 1.82) is 0 Å². The van der Waals surface area contributed by atoms with Crippen LogP contribution >= 0.6 is 46.4 Å². The van der Waals surface area contributed by atoms with Crippen molar-refractivity contribution < 1.29 is 13.6 Å². The summed E-state index contributed by atoms with van der Waals surface area (Å²) in [6.45, 7) is -0.399. The van der Waals surface area contributed by atoms with Crippen molar-refractivity contribution >= 4 is 52.3 Å². The molecule has 34 heavy (non-hydrogen) atoms. The van der Waals surface area contributed by atoms with Gasteiger partial charge in [-0.2, -0.15) is 15.0 Å². The lowest BCUT2D eigenvalue weighted by Gasteiger charge is -2.06. The van der Waals surface area contributed by atoms with Crippen LogP contribution in [0.25, 0.3) is 22.5 Å². The summed E-state index contributed by atoms with van der Waals surface area (Å²) in [7, 11) is 0. The fourth-order valence-electron chi connectivity index (χ4n) is 3.19. The Morgan fingerprint density at radius 2 is 1.38 bits per heavy atom. The molecular weight excluding hydrogens is 528 g/mol. The zero-order chi connectivity index (χ0) is 24.4. The summed E-state index contributed by atoms with van der Waals surface area (Å²) >= 11 is 24.8. The van der Waals surface area contributed by atoms with Crippen molar-refractivity contribution in [3.63, 3.8) is 0 Å². The van der Waals surface area contributed by atoms with Gasteiger partial charge in [-0.3, -0.25) is 4.79 Å². The average Bonchev–Trinajstić information content (AvgIpc) is 3.16. The molecule has 0 fully saturated rings. The van der Waals surface area contributed by atoms with E-state index >= 15 is 0 Å². The molecule has 0 aliphatic carbocycles. The highest BCUT2D eigenvalue weighted by molar-refractivity contribution is 6.37. The number of aromatic nitrogens is 3. The number of benzene rings is 3. The Kier molecular flexibility index (Phi) is 7.38. The normalized spacial score (nSPS) is 11.0. The molecule has 0 bridgehead atoms. The molecule has 0 aliphatic heterocycles. The van der Waals surface area contributed by atoms with E-state index < -0.39 is 17.5 Å². The Morgan fingerprint density at radius 3 is 1.88 bits per heavy atom. The van der Waals surface area contributed by atoms with Gasteiger partial charge in [-0.05, 0) is 42.5 Å². The molecule has 174 valence electrons. The van der Waals surface area contributed by atoms with Gasteiger partial charge < -0.3 is 5.32 Å². The molecule has 1 N–H and O–H groups in total. The fourth-order valence-corrected chi connectivity index (χ4v) is 4.18. The van der Waals surface area contributed by atoms with Gasteiger partial charge in [0, 0.05) is 39.3 Å². The standard InChI is InChI=1S/C23H14Cl4F2N4O/c24-13-2-5-16(18(26)7-13)22-23(17-6-3-14(25)8-19(17)27)32-33(31-22)11-21(34)30-10-12-1-4-15(28)9-20(12)29/h1-9H,10-11H2,(H,30,34). The summed E-state index contributed by atoms with van der Waals surface area (Å²) < 4.78 is 26.9. The predicted molar refractivity (Wildman–Crippen MR) is 129 cm³/mol. The van der Waals surface area contributed by atoms with Crippen LogP contribution in [0.4, 0.5) is 8.78 Å². The highest BCUT2D eigenvalue weighted by Crippen LogP contribution is 2.38. The molecule has 0 atom stereocenters. The number of carbonyl (C=O) groups is 1. The molecule has 1 aromatic heterocycles. The minimum atomic E-state index is -0.753. The lowest BCUT2D eigenvalue weighted by molar-refractivity contribution is -0.122. The SMILES string of the molecule is O=C(Cn1nc(-c2ccc(Cl)cc2Cl)c(-c2ccc(Cl)cc2Cl)n1)NCc1ccc(F)cc1F.